The molecule has 0 bridgehead atoms. The minimum absolute atomic E-state index is 0. The van der Waals surface area contributed by atoms with Gasteiger partial charge < -0.3 is 15.5 Å². The molecule has 2 heterocycles. The van der Waals surface area contributed by atoms with Crippen molar-refractivity contribution < 1.29 is 0 Å². The van der Waals surface area contributed by atoms with Crippen LogP contribution in [-0.4, -0.2) is 86.1 Å². The van der Waals surface area contributed by atoms with Crippen molar-refractivity contribution in [2.75, 3.05) is 59.4 Å². The molecule has 170 valence electrons. The van der Waals surface area contributed by atoms with Gasteiger partial charge in [-0.05, 0) is 51.0 Å². The van der Waals surface area contributed by atoms with Crippen molar-refractivity contribution in [3.05, 3.63) is 35.4 Å². The third kappa shape index (κ3) is 7.98. The fourth-order valence-corrected chi connectivity index (χ4v) is 4.28. The van der Waals surface area contributed by atoms with Gasteiger partial charge in [0.25, 0.3) is 0 Å². The van der Waals surface area contributed by atoms with Crippen molar-refractivity contribution in [3.63, 3.8) is 0 Å². The van der Waals surface area contributed by atoms with Crippen LogP contribution in [0.5, 0.6) is 0 Å². The largest absolute Gasteiger partial charge is 0.357 e. The summed E-state index contributed by atoms with van der Waals surface area (Å²) in [7, 11) is 2.21. The Balaban J connectivity index is 0.00000320. The first-order valence-electron chi connectivity index (χ1n) is 11.4. The highest BCUT2D eigenvalue weighted by Crippen LogP contribution is 2.15. The molecule has 0 saturated carbocycles. The number of hydrogen-bond donors (Lipinski definition) is 2. The summed E-state index contributed by atoms with van der Waals surface area (Å²) in [5, 5.41) is 6.94. The number of likely N-dealkylation sites (N-methyl/N-ethyl adjacent to an activating group) is 2. The fourth-order valence-electron chi connectivity index (χ4n) is 4.28. The zero-order valence-electron chi connectivity index (χ0n) is 19.1. The highest BCUT2D eigenvalue weighted by molar-refractivity contribution is 14.0. The molecule has 3 rings (SSSR count). The normalized spacial score (nSPS) is 21.4. The van der Waals surface area contributed by atoms with E-state index in [9.17, 15) is 0 Å². The van der Waals surface area contributed by atoms with Crippen LogP contribution in [0.3, 0.4) is 0 Å². The molecule has 0 spiro atoms. The summed E-state index contributed by atoms with van der Waals surface area (Å²) in [4.78, 5) is 12.3. The maximum Gasteiger partial charge on any atom is 0.191 e. The van der Waals surface area contributed by atoms with Crippen LogP contribution in [0, 0.1) is 0 Å². The van der Waals surface area contributed by atoms with Crippen molar-refractivity contribution in [1.29, 1.82) is 0 Å². The zero-order valence-corrected chi connectivity index (χ0v) is 21.4. The molecule has 2 saturated heterocycles. The molecule has 6 nitrogen and oxygen atoms in total. The smallest absolute Gasteiger partial charge is 0.191 e. The lowest BCUT2D eigenvalue weighted by atomic mass is 10.1. The van der Waals surface area contributed by atoms with Gasteiger partial charge in [0.05, 0.1) is 6.54 Å². The topological polar surface area (TPSA) is 46.1 Å². The number of rotatable bonds is 8. The van der Waals surface area contributed by atoms with E-state index in [-0.39, 0.29) is 24.0 Å². The number of benzene rings is 1. The highest BCUT2D eigenvalue weighted by Gasteiger charge is 2.22. The number of nitrogens with zero attached hydrogens (tertiary/aromatic N) is 4. The lowest BCUT2D eigenvalue weighted by Crippen LogP contribution is -2.44. The second kappa shape index (κ2) is 13.5. The van der Waals surface area contributed by atoms with Crippen molar-refractivity contribution in [2.45, 2.75) is 45.8 Å². The quantitative estimate of drug-likeness (QED) is 0.309. The number of piperazine rings is 1. The number of likely N-dealkylation sites (tertiary alicyclic amines) is 1. The lowest BCUT2D eigenvalue weighted by Gasteiger charge is -2.32. The Bertz CT molecular complexity index is 627. The maximum absolute atomic E-state index is 4.81. The Hall–Kier alpha value is -0.900. The van der Waals surface area contributed by atoms with E-state index in [1.54, 1.807) is 0 Å². The molecule has 0 amide bonds. The lowest BCUT2D eigenvalue weighted by molar-refractivity contribution is 0.148. The number of nitrogens with one attached hydrogen (secondary N) is 2. The van der Waals surface area contributed by atoms with Crippen LogP contribution in [-0.2, 0) is 13.1 Å². The van der Waals surface area contributed by atoms with Gasteiger partial charge in [-0.1, -0.05) is 31.2 Å². The number of halogens is 1. The van der Waals surface area contributed by atoms with Gasteiger partial charge in [0.1, 0.15) is 0 Å². The molecule has 0 radical (unpaired) electrons. The number of guanidine groups is 1. The van der Waals surface area contributed by atoms with E-state index < -0.39 is 0 Å². The van der Waals surface area contributed by atoms with Gasteiger partial charge in [-0.2, -0.15) is 0 Å². The van der Waals surface area contributed by atoms with Gasteiger partial charge >= 0.3 is 0 Å². The second-order valence-corrected chi connectivity index (χ2v) is 8.40. The van der Waals surface area contributed by atoms with Gasteiger partial charge in [-0.3, -0.25) is 9.80 Å². The SMILES string of the molecule is CCNC(=NCc1ccc(CN2CCN(C)CC2)cc1)NCC1CCCN1CC.I. The molecule has 0 aromatic heterocycles. The predicted molar refractivity (Wildman–Crippen MR) is 138 cm³/mol. The van der Waals surface area contributed by atoms with Gasteiger partial charge in [-0.15, -0.1) is 24.0 Å². The first kappa shape index (κ1) is 25.4. The molecule has 1 aromatic rings. The minimum atomic E-state index is 0. The summed E-state index contributed by atoms with van der Waals surface area (Å²) >= 11 is 0. The third-order valence-corrected chi connectivity index (χ3v) is 6.20. The van der Waals surface area contributed by atoms with Gasteiger partial charge in [0.15, 0.2) is 5.96 Å². The van der Waals surface area contributed by atoms with Crippen LogP contribution in [0.15, 0.2) is 29.3 Å². The maximum atomic E-state index is 4.81. The van der Waals surface area contributed by atoms with Gasteiger partial charge in [-0.25, -0.2) is 4.99 Å². The molecule has 2 fully saturated rings. The van der Waals surface area contributed by atoms with E-state index in [1.165, 1.54) is 43.6 Å². The van der Waals surface area contributed by atoms with E-state index in [0.29, 0.717) is 12.6 Å². The minimum Gasteiger partial charge on any atom is -0.357 e. The van der Waals surface area contributed by atoms with E-state index >= 15 is 0 Å². The molecule has 2 N–H and O–H groups in total. The Morgan fingerprint density at radius 3 is 2.37 bits per heavy atom. The Kier molecular flexibility index (Phi) is 11.4. The first-order chi connectivity index (χ1) is 14.2. The monoisotopic (exact) mass is 528 g/mol. The average Bonchev–Trinajstić information content (AvgIpc) is 3.20. The molecular formula is C23H41IN6. The predicted octanol–water partition coefficient (Wildman–Crippen LogP) is 2.59. The zero-order chi connectivity index (χ0) is 20.5. The molecule has 1 aromatic carbocycles. The average molecular weight is 529 g/mol. The Labute approximate surface area is 200 Å². The molecule has 7 heteroatoms. The van der Waals surface area contributed by atoms with E-state index in [4.69, 9.17) is 4.99 Å². The standard InChI is InChI=1S/C23H40N6.HI/c1-4-24-23(26-18-22-7-6-12-29(22)5-2)25-17-20-8-10-21(11-9-20)19-28-15-13-27(3)14-16-28;/h8-11,22H,4-7,12-19H2,1-3H3,(H2,24,25,26);1H. The van der Waals surface area contributed by atoms with Crippen LogP contribution in [0.25, 0.3) is 0 Å². The molecule has 1 unspecified atom stereocenters. The highest BCUT2D eigenvalue weighted by atomic mass is 127. The van der Waals surface area contributed by atoms with Gasteiger partial charge in [0, 0.05) is 51.9 Å². The summed E-state index contributed by atoms with van der Waals surface area (Å²) in [6.45, 7) is 15.0. The second-order valence-electron chi connectivity index (χ2n) is 8.40. The summed E-state index contributed by atoms with van der Waals surface area (Å²) < 4.78 is 0. The number of aliphatic imine (C=N–C) groups is 1. The van der Waals surface area contributed by atoms with Crippen molar-refractivity contribution in [2.24, 2.45) is 4.99 Å². The van der Waals surface area contributed by atoms with E-state index in [0.717, 1.165) is 45.2 Å². The molecule has 30 heavy (non-hydrogen) atoms. The van der Waals surface area contributed by atoms with E-state index in [1.807, 2.05) is 0 Å². The third-order valence-electron chi connectivity index (χ3n) is 6.20. The van der Waals surface area contributed by atoms with Crippen molar-refractivity contribution >= 4 is 29.9 Å². The fraction of sp³-hybridized carbons (Fsp3) is 0.696. The molecule has 2 aliphatic heterocycles. The Morgan fingerprint density at radius 1 is 1.00 bits per heavy atom. The van der Waals surface area contributed by atoms with Crippen LogP contribution in [0.4, 0.5) is 0 Å². The van der Waals surface area contributed by atoms with Gasteiger partial charge in [0.2, 0.25) is 0 Å². The van der Waals surface area contributed by atoms with Crippen molar-refractivity contribution in [1.82, 2.24) is 25.3 Å². The molecule has 2 aliphatic rings. The van der Waals surface area contributed by atoms with Crippen molar-refractivity contribution in [3.8, 4) is 0 Å². The van der Waals surface area contributed by atoms with E-state index in [2.05, 4.69) is 70.5 Å². The first-order valence-corrected chi connectivity index (χ1v) is 11.4. The summed E-state index contributed by atoms with van der Waals surface area (Å²) in [5.74, 6) is 0.928. The number of hydrogen-bond acceptors (Lipinski definition) is 4. The summed E-state index contributed by atoms with van der Waals surface area (Å²) in [5.41, 5.74) is 2.66. The Morgan fingerprint density at radius 2 is 1.70 bits per heavy atom. The molecular weight excluding hydrogens is 487 g/mol. The van der Waals surface area contributed by atoms with Crippen LogP contribution < -0.4 is 10.6 Å². The summed E-state index contributed by atoms with van der Waals surface area (Å²) in [6.07, 6.45) is 2.60. The summed E-state index contributed by atoms with van der Waals surface area (Å²) in [6, 6.07) is 9.63. The molecule has 0 aliphatic carbocycles. The van der Waals surface area contributed by atoms with Crippen LogP contribution in [0.1, 0.15) is 37.8 Å². The van der Waals surface area contributed by atoms with Crippen LogP contribution >= 0.6 is 24.0 Å². The van der Waals surface area contributed by atoms with Crippen LogP contribution in [0.2, 0.25) is 0 Å². The molecule has 1 atom stereocenters.